The number of nitrogens with zero attached hydrogens (tertiary/aromatic N) is 3. The van der Waals surface area contributed by atoms with Crippen molar-refractivity contribution in [3.05, 3.63) is 99.8 Å². The Morgan fingerprint density at radius 2 is 1.57 bits per heavy atom. The van der Waals surface area contributed by atoms with Crippen LogP contribution in [0.5, 0.6) is 0 Å². The van der Waals surface area contributed by atoms with Gasteiger partial charge in [-0.3, -0.25) is 9.59 Å². The van der Waals surface area contributed by atoms with Gasteiger partial charge >= 0.3 is 10.2 Å². The lowest BCUT2D eigenvalue weighted by atomic mass is 10.0. The quantitative estimate of drug-likeness (QED) is 0.327. The zero-order valence-corrected chi connectivity index (χ0v) is 24.7. The number of hydrogen-bond acceptors (Lipinski definition) is 4. The highest BCUT2D eigenvalue weighted by molar-refractivity contribution is 7.90. The molecule has 0 radical (unpaired) electrons. The van der Waals surface area contributed by atoms with Crippen LogP contribution in [0.1, 0.15) is 18.1 Å². The fourth-order valence-corrected chi connectivity index (χ4v) is 5.38. The van der Waals surface area contributed by atoms with E-state index in [4.69, 9.17) is 23.2 Å². The smallest absolute Gasteiger partial charge is 0.304 e. The molecule has 0 fully saturated rings. The first-order valence-electron chi connectivity index (χ1n) is 12.4. The highest BCUT2D eigenvalue weighted by Gasteiger charge is 2.34. The second-order valence-electron chi connectivity index (χ2n) is 9.14. The Hall–Kier alpha value is -3.18. The fourth-order valence-electron chi connectivity index (χ4n) is 4.00. The first-order chi connectivity index (χ1) is 18.9. The summed E-state index contributed by atoms with van der Waals surface area (Å²) < 4.78 is 42.1. The molecule has 0 aliphatic rings. The number of amides is 2. The number of carbonyl (C=O) groups is 2. The summed E-state index contributed by atoms with van der Waals surface area (Å²) in [4.78, 5) is 28.7. The average Bonchev–Trinajstić information content (AvgIpc) is 2.92. The third-order valence-electron chi connectivity index (χ3n) is 6.09. The van der Waals surface area contributed by atoms with E-state index in [2.05, 4.69) is 5.32 Å². The molecule has 0 saturated carbocycles. The summed E-state index contributed by atoms with van der Waals surface area (Å²) >= 11 is 12.3. The predicted molar refractivity (Wildman–Crippen MR) is 156 cm³/mol. The van der Waals surface area contributed by atoms with Crippen molar-refractivity contribution >= 4 is 50.9 Å². The van der Waals surface area contributed by atoms with E-state index in [1.807, 2.05) is 30.3 Å². The van der Waals surface area contributed by atoms with Gasteiger partial charge in [0.25, 0.3) is 0 Å². The zero-order valence-electron chi connectivity index (χ0n) is 22.4. The first-order valence-corrected chi connectivity index (χ1v) is 14.6. The minimum atomic E-state index is -4.18. The Bertz CT molecular complexity index is 1420. The lowest BCUT2D eigenvalue weighted by Crippen LogP contribution is -2.54. The number of carbonyl (C=O) groups excluding carboxylic acids is 2. The summed E-state index contributed by atoms with van der Waals surface area (Å²) in [7, 11) is -1.52. The molecule has 1 N–H and O–H groups in total. The van der Waals surface area contributed by atoms with Gasteiger partial charge in [0.15, 0.2) is 0 Å². The average molecular weight is 610 g/mol. The monoisotopic (exact) mass is 608 g/mol. The summed E-state index contributed by atoms with van der Waals surface area (Å²) in [5.41, 5.74) is 1.49. The van der Waals surface area contributed by atoms with Crippen molar-refractivity contribution < 1.29 is 22.4 Å². The molecule has 3 aromatic rings. The lowest BCUT2D eigenvalue weighted by Gasteiger charge is -2.34. The van der Waals surface area contributed by atoms with E-state index in [0.29, 0.717) is 17.1 Å². The van der Waals surface area contributed by atoms with E-state index in [1.54, 1.807) is 25.1 Å². The summed E-state index contributed by atoms with van der Waals surface area (Å²) in [6.07, 6.45) is 0.177. The minimum Gasteiger partial charge on any atom is -0.355 e. The molecule has 12 heteroatoms. The molecule has 1 unspecified atom stereocenters. The standard InChI is InChI=1S/C28H31Cl2FN4O4S/c1-4-32-28(37)26(17-20-8-6-5-7-9-20)34(18-21-10-15-24(29)25(30)16-21)27(36)19-35(40(38,39)33(2)3)23-13-11-22(31)12-14-23/h5-16,26H,4,17-19H2,1-3H3,(H,32,37). The molecule has 0 bridgehead atoms. The molecule has 0 saturated heterocycles. The van der Waals surface area contributed by atoms with Crippen molar-refractivity contribution in [2.24, 2.45) is 0 Å². The van der Waals surface area contributed by atoms with E-state index >= 15 is 0 Å². The van der Waals surface area contributed by atoms with Crippen LogP contribution in [0.3, 0.4) is 0 Å². The number of nitrogens with one attached hydrogen (secondary N) is 1. The second kappa shape index (κ2) is 13.9. The molecular weight excluding hydrogens is 578 g/mol. The second-order valence-corrected chi connectivity index (χ2v) is 12.0. The van der Waals surface area contributed by atoms with Gasteiger partial charge in [-0.2, -0.15) is 12.7 Å². The van der Waals surface area contributed by atoms with Crippen LogP contribution in [-0.2, 0) is 32.8 Å². The summed E-state index contributed by atoms with van der Waals surface area (Å²) in [6, 6.07) is 17.8. The van der Waals surface area contributed by atoms with Gasteiger partial charge in [-0.1, -0.05) is 59.6 Å². The Kier molecular flexibility index (Phi) is 10.9. The van der Waals surface area contributed by atoms with Crippen LogP contribution in [0.25, 0.3) is 0 Å². The highest BCUT2D eigenvalue weighted by Crippen LogP contribution is 2.25. The summed E-state index contributed by atoms with van der Waals surface area (Å²) in [6.45, 7) is 1.40. The van der Waals surface area contributed by atoms with Gasteiger partial charge < -0.3 is 10.2 Å². The molecule has 3 rings (SSSR count). The number of halogens is 3. The molecule has 40 heavy (non-hydrogen) atoms. The van der Waals surface area contributed by atoms with Crippen molar-refractivity contribution in [3.63, 3.8) is 0 Å². The fraction of sp³-hybridized carbons (Fsp3) is 0.286. The van der Waals surface area contributed by atoms with Crippen LogP contribution in [-0.4, -0.2) is 62.7 Å². The Morgan fingerprint density at radius 3 is 2.15 bits per heavy atom. The normalized spacial score (nSPS) is 12.2. The van der Waals surface area contributed by atoms with Crippen LogP contribution in [0.4, 0.5) is 10.1 Å². The SMILES string of the molecule is CCNC(=O)C(Cc1ccccc1)N(Cc1ccc(Cl)c(Cl)c1)C(=O)CN(c1ccc(F)cc1)S(=O)(=O)N(C)C. The Labute approximate surface area is 244 Å². The molecule has 0 aliphatic carbocycles. The molecule has 0 aromatic heterocycles. The Balaban J connectivity index is 2.09. The van der Waals surface area contributed by atoms with Gasteiger partial charge in [0.2, 0.25) is 11.8 Å². The third kappa shape index (κ3) is 7.94. The maximum Gasteiger partial charge on any atom is 0.304 e. The van der Waals surface area contributed by atoms with Crippen molar-refractivity contribution in [2.45, 2.75) is 25.9 Å². The summed E-state index contributed by atoms with van der Waals surface area (Å²) in [5, 5.41) is 3.38. The van der Waals surface area contributed by atoms with E-state index in [0.717, 1.165) is 26.3 Å². The van der Waals surface area contributed by atoms with Crippen molar-refractivity contribution in [1.29, 1.82) is 0 Å². The van der Waals surface area contributed by atoms with Gasteiger partial charge in [0.1, 0.15) is 18.4 Å². The van der Waals surface area contributed by atoms with Gasteiger partial charge in [0.05, 0.1) is 15.7 Å². The van der Waals surface area contributed by atoms with Gasteiger partial charge in [0, 0.05) is 33.6 Å². The number of rotatable bonds is 12. The highest BCUT2D eigenvalue weighted by atomic mass is 35.5. The maximum atomic E-state index is 14.0. The first kappa shape index (κ1) is 31.3. The zero-order chi connectivity index (χ0) is 29.4. The molecule has 214 valence electrons. The number of anilines is 1. The van der Waals surface area contributed by atoms with Crippen LogP contribution in [0.2, 0.25) is 10.0 Å². The third-order valence-corrected chi connectivity index (χ3v) is 8.65. The van der Waals surface area contributed by atoms with E-state index in [9.17, 15) is 22.4 Å². The largest absolute Gasteiger partial charge is 0.355 e. The number of likely N-dealkylation sites (N-methyl/N-ethyl adjacent to an activating group) is 1. The van der Waals surface area contributed by atoms with Crippen molar-refractivity contribution in [2.75, 3.05) is 31.5 Å². The van der Waals surface area contributed by atoms with Crippen LogP contribution in [0, 0.1) is 5.82 Å². The van der Waals surface area contributed by atoms with E-state index < -0.39 is 40.4 Å². The van der Waals surface area contributed by atoms with E-state index in [-0.39, 0.29) is 23.7 Å². The van der Waals surface area contributed by atoms with E-state index in [1.165, 1.54) is 31.1 Å². The molecule has 3 aromatic carbocycles. The molecule has 0 aliphatic heterocycles. The van der Waals surface area contributed by atoms with Gasteiger partial charge in [-0.25, -0.2) is 8.70 Å². The predicted octanol–water partition coefficient (Wildman–Crippen LogP) is 4.52. The maximum absolute atomic E-state index is 14.0. The molecule has 8 nitrogen and oxygen atoms in total. The van der Waals surface area contributed by atoms with Gasteiger partial charge in [-0.15, -0.1) is 0 Å². The number of benzene rings is 3. The van der Waals surface area contributed by atoms with Crippen molar-refractivity contribution in [3.8, 4) is 0 Å². The molecule has 0 heterocycles. The lowest BCUT2D eigenvalue weighted by molar-refractivity contribution is -0.140. The van der Waals surface area contributed by atoms with Gasteiger partial charge in [-0.05, 0) is 54.4 Å². The molecular formula is C28H31Cl2FN4O4S. The topological polar surface area (TPSA) is 90.0 Å². The van der Waals surface area contributed by atoms with Crippen LogP contribution in [0.15, 0.2) is 72.8 Å². The van der Waals surface area contributed by atoms with Crippen LogP contribution >= 0.6 is 23.2 Å². The van der Waals surface area contributed by atoms with Crippen LogP contribution < -0.4 is 9.62 Å². The van der Waals surface area contributed by atoms with Crippen molar-refractivity contribution in [1.82, 2.24) is 14.5 Å². The molecule has 0 spiro atoms. The minimum absolute atomic E-state index is 0.0520. The summed E-state index contributed by atoms with van der Waals surface area (Å²) in [5.74, 6) is -1.60. The number of hydrogen-bond donors (Lipinski definition) is 1. The Morgan fingerprint density at radius 1 is 0.925 bits per heavy atom. The molecule has 2 amide bonds. The molecule has 1 atom stereocenters.